The summed E-state index contributed by atoms with van der Waals surface area (Å²) >= 11 is 6.98. The molecule has 14 atom stereocenters. The van der Waals surface area contributed by atoms with Crippen molar-refractivity contribution in [3.05, 3.63) is 0 Å². The Bertz CT molecular complexity index is 2090. The Kier molecular flexibility index (Phi) is 24.6. The van der Waals surface area contributed by atoms with Gasteiger partial charge in [-0.3, -0.25) is 14.4 Å². The van der Waals surface area contributed by atoms with E-state index >= 15 is 0 Å². The number of rotatable bonds is 17. The Morgan fingerprint density at radius 1 is 0.570 bits per heavy atom. The van der Waals surface area contributed by atoms with Gasteiger partial charge in [-0.25, -0.2) is 24.0 Å². The molecular formula is C52H89ClN6O20. The summed E-state index contributed by atoms with van der Waals surface area (Å²) in [6, 6.07) is -5.02. The molecule has 3 aliphatic rings. The van der Waals surface area contributed by atoms with Gasteiger partial charge in [0.05, 0.1) is 41.8 Å². The van der Waals surface area contributed by atoms with Crippen molar-refractivity contribution in [1.82, 2.24) is 31.9 Å². The van der Waals surface area contributed by atoms with Gasteiger partial charge in [0.2, 0.25) is 0 Å². The molecule has 454 valence electrons. The molecule has 3 rings (SSSR count). The summed E-state index contributed by atoms with van der Waals surface area (Å²) in [5.74, 6) is -2.66. The van der Waals surface area contributed by atoms with Gasteiger partial charge < -0.3 is 89.1 Å². The highest BCUT2D eigenvalue weighted by Crippen LogP contribution is 2.36. The molecule has 1 saturated carbocycles. The summed E-state index contributed by atoms with van der Waals surface area (Å²) in [5.41, 5.74) is -4.64. The predicted octanol–water partition coefficient (Wildman–Crippen LogP) is 5.24. The first kappa shape index (κ1) is 68.1. The van der Waals surface area contributed by atoms with Crippen molar-refractivity contribution in [3.63, 3.8) is 0 Å². The Morgan fingerprint density at radius 2 is 1.03 bits per heavy atom. The summed E-state index contributed by atoms with van der Waals surface area (Å²) in [5, 5.41) is 28.1. The third-order valence-corrected chi connectivity index (χ3v) is 11.9. The fourth-order valence-corrected chi connectivity index (χ4v) is 8.89. The Balaban J connectivity index is 2.26. The lowest BCUT2D eigenvalue weighted by Crippen LogP contribution is -2.70. The third-order valence-electron chi connectivity index (χ3n) is 11.3. The zero-order chi connectivity index (χ0) is 60.2. The number of ether oxygens (including phenoxy) is 11. The van der Waals surface area contributed by atoms with Crippen LogP contribution in [0.4, 0.5) is 24.0 Å². The zero-order valence-electron chi connectivity index (χ0n) is 49.1. The topological polar surface area (TPSA) is 330 Å². The highest BCUT2D eigenvalue weighted by molar-refractivity contribution is 6.21. The second-order valence-corrected chi connectivity index (χ2v) is 25.1. The normalized spacial score (nSPS) is 28.0. The van der Waals surface area contributed by atoms with Gasteiger partial charge in [0.15, 0.2) is 24.8 Å². The zero-order valence-corrected chi connectivity index (χ0v) is 49.9. The molecule has 1 aliphatic carbocycles. The summed E-state index contributed by atoms with van der Waals surface area (Å²) in [7, 11) is 0. The number of carbonyl (C=O) groups excluding carboxylic acids is 8. The number of alkyl carbamates (subject to hydrolysis) is 5. The van der Waals surface area contributed by atoms with Gasteiger partial charge in [-0.2, -0.15) is 0 Å². The van der Waals surface area contributed by atoms with Crippen LogP contribution < -0.4 is 31.9 Å². The maximum absolute atomic E-state index is 14.5. The fourth-order valence-electron chi connectivity index (χ4n) is 8.45. The molecule has 27 heteroatoms. The number of nitrogens with one attached hydrogen (secondary N) is 6. The summed E-state index contributed by atoms with van der Waals surface area (Å²) in [6.45, 7) is 28.4. The van der Waals surface area contributed by atoms with E-state index in [1.165, 1.54) is 0 Å². The monoisotopic (exact) mass is 1150 g/mol. The third kappa shape index (κ3) is 24.6. The second kappa shape index (κ2) is 28.5. The Morgan fingerprint density at radius 3 is 1.51 bits per heavy atom. The molecule has 7 N–H and O–H groups in total. The fraction of sp³-hybridized carbons (Fsp3) is 0.846. The number of aliphatic hydroxyl groups is 1. The van der Waals surface area contributed by atoms with E-state index in [2.05, 4.69) is 31.9 Å². The van der Waals surface area contributed by atoms with E-state index in [1.54, 1.807) is 111 Å². The summed E-state index contributed by atoms with van der Waals surface area (Å²) < 4.78 is 64.9. The molecule has 2 saturated heterocycles. The number of aliphatic hydroxyl groups excluding tert-OH is 1. The van der Waals surface area contributed by atoms with E-state index in [0.29, 0.717) is 0 Å². The number of carbonyl (C=O) groups is 8. The molecule has 2 heterocycles. The Hall–Kier alpha value is -5.15. The quantitative estimate of drug-likeness (QED) is 0.0556. The molecule has 79 heavy (non-hydrogen) atoms. The van der Waals surface area contributed by atoms with Crippen LogP contribution in [0.25, 0.3) is 0 Å². The molecule has 0 bridgehead atoms. The predicted molar refractivity (Wildman–Crippen MR) is 282 cm³/mol. The number of halogens is 1. The Labute approximate surface area is 468 Å². The van der Waals surface area contributed by atoms with Gasteiger partial charge in [0.25, 0.3) is 5.91 Å². The van der Waals surface area contributed by atoms with Crippen LogP contribution in [0.3, 0.4) is 0 Å². The minimum atomic E-state index is -1.97. The lowest BCUT2D eigenvalue weighted by molar-refractivity contribution is -0.302. The molecule has 0 aromatic carbocycles. The first-order valence-electron chi connectivity index (χ1n) is 26.6. The SMILES string of the molecule is CCC1O[C@H](O[C@@H]2C(O)C(O[C@H]3OC(CNC(=O)OC(C)(C)C)CCC3NC(=O)OC(C)(C)C)[C@H](NC(=O)OC(C)(C)C)C[C@H]2NC(=O)[C@H](CCNC(=O)OC(C)(C)C)OC(C)=O)C(OC(C)=O)[C@@H](NC(=O)OC(C)(C)C)[C@H]1Cl. The second-order valence-electron chi connectivity index (χ2n) is 24.6. The standard InChI is InChI=1S/C52H89ClN6O20/c1-19-32-34(53)35(59-47(68)79-52(16,17)18)39(70-27(3)61)42(72-32)74-37-30(56-40(63)33(69-26(2)60)22-23-54-43(64)75-48(4,5)6)24-31(58-46(67)78-51(13,14)15)38(36(37)62)73-41-29(57-45(66)77-50(10,11)12)21-20-28(71-41)25-55-44(65)76-49(7,8)9/h28-39,41-42,62H,19-25H2,1-18H3,(H,54,64)(H,55,65)(H,56,63)(H,57,66)(H,58,67)(H,59,68)/t28?,29?,30-,31-,32?,33+,34+,35+,36?,37+,38?,39?,41-,42-/m1/s1. The largest absolute Gasteiger partial charge is 0.455 e. The van der Waals surface area contributed by atoms with Gasteiger partial charge in [-0.15, -0.1) is 11.6 Å². The molecule has 26 nitrogen and oxygen atoms in total. The average Bonchev–Trinajstić information content (AvgIpc) is 3.24. The summed E-state index contributed by atoms with van der Waals surface area (Å²) in [6.07, 6.45) is -17.6. The molecule has 6 amide bonds. The van der Waals surface area contributed by atoms with Crippen LogP contribution in [0.15, 0.2) is 0 Å². The molecular weight excluding hydrogens is 1060 g/mol. The highest BCUT2D eigenvalue weighted by Gasteiger charge is 2.55. The molecule has 0 aromatic rings. The first-order chi connectivity index (χ1) is 36.1. The minimum Gasteiger partial charge on any atom is -0.455 e. The van der Waals surface area contributed by atoms with E-state index in [1.807, 2.05) is 0 Å². The van der Waals surface area contributed by atoms with Gasteiger partial charge in [-0.05, 0) is 130 Å². The summed E-state index contributed by atoms with van der Waals surface area (Å²) in [4.78, 5) is 106. The van der Waals surface area contributed by atoms with E-state index in [0.717, 1.165) is 13.8 Å². The van der Waals surface area contributed by atoms with Crippen molar-refractivity contribution in [2.24, 2.45) is 0 Å². The molecule has 0 aromatic heterocycles. The van der Waals surface area contributed by atoms with Gasteiger partial charge >= 0.3 is 42.4 Å². The van der Waals surface area contributed by atoms with E-state index in [-0.39, 0.29) is 45.2 Å². The van der Waals surface area contributed by atoms with Crippen LogP contribution in [-0.4, -0.2) is 179 Å². The van der Waals surface area contributed by atoms with Gasteiger partial charge in [-0.1, -0.05) is 6.92 Å². The van der Waals surface area contributed by atoms with Crippen molar-refractivity contribution >= 4 is 59.9 Å². The van der Waals surface area contributed by atoms with Crippen LogP contribution in [0.2, 0.25) is 0 Å². The number of hydrogen-bond donors (Lipinski definition) is 7. The van der Waals surface area contributed by atoms with Crippen molar-refractivity contribution in [2.75, 3.05) is 13.1 Å². The van der Waals surface area contributed by atoms with Crippen molar-refractivity contribution < 1.29 is 95.6 Å². The highest BCUT2D eigenvalue weighted by atomic mass is 35.5. The number of amides is 6. The lowest BCUT2D eigenvalue weighted by atomic mass is 9.83. The van der Waals surface area contributed by atoms with Crippen molar-refractivity contribution in [2.45, 2.75) is 270 Å². The smallest absolute Gasteiger partial charge is 0.408 e. The molecule has 3 fully saturated rings. The maximum atomic E-state index is 14.5. The molecule has 6 unspecified atom stereocenters. The molecule has 2 aliphatic heterocycles. The minimum absolute atomic E-state index is 0.0907. The van der Waals surface area contributed by atoms with E-state index < -0.39 is 161 Å². The number of hydrogen-bond acceptors (Lipinski definition) is 20. The van der Waals surface area contributed by atoms with Crippen molar-refractivity contribution in [1.29, 1.82) is 0 Å². The lowest BCUT2D eigenvalue weighted by Gasteiger charge is -2.50. The van der Waals surface area contributed by atoms with Gasteiger partial charge in [0.1, 0.15) is 46.3 Å². The van der Waals surface area contributed by atoms with Crippen LogP contribution in [0.5, 0.6) is 0 Å². The van der Waals surface area contributed by atoms with E-state index in [4.69, 9.17) is 63.7 Å². The first-order valence-corrected chi connectivity index (χ1v) is 27.1. The van der Waals surface area contributed by atoms with Crippen molar-refractivity contribution in [3.8, 4) is 0 Å². The van der Waals surface area contributed by atoms with E-state index in [9.17, 15) is 43.5 Å². The van der Waals surface area contributed by atoms with Gasteiger partial charge in [0, 0.05) is 33.4 Å². The molecule has 0 radical (unpaired) electrons. The average molecular weight is 1150 g/mol. The van der Waals surface area contributed by atoms with Crippen LogP contribution in [0, 0.1) is 0 Å². The number of alkyl halides is 1. The maximum Gasteiger partial charge on any atom is 0.408 e. The van der Waals surface area contributed by atoms with Crippen LogP contribution in [-0.2, 0) is 66.5 Å². The molecule has 0 spiro atoms. The van der Waals surface area contributed by atoms with Crippen LogP contribution in [0.1, 0.15) is 157 Å². The van der Waals surface area contributed by atoms with Crippen LogP contribution >= 0.6 is 11.6 Å². The number of esters is 2.